The van der Waals surface area contributed by atoms with E-state index in [-0.39, 0.29) is 5.91 Å². The summed E-state index contributed by atoms with van der Waals surface area (Å²) in [6.07, 6.45) is 2.70. The molecule has 3 heterocycles. The molecular weight excluding hydrogens is 364 g/mol. The van der Waals surface area contributed by atoms with E-state index >= 15 is 0 Å². The Balaban J connectivity index is 1.48. The van der Waals surface area contributed by atoms with Crippen LogP contribution in [-0.2, 0) is 11.2 Å². The van der Waals surface area contributed by atoms with Gasteiger partial charge in [0.15, 0.2) is 5.13 Å². The van der Waals surface area contributed by atoms with Crippen molar-refractivity contribution in [2.75, 3.05) is 11.1 Å². The Hall–Kier alpha value is -2.77. The number of hydrogen-bond donors (Lipinski definition) is 2. The molecule has 0 aliphatic heterocycles. The lowest BCUT2D eigenvalue weighted by Crippen LogP contribution is -2.12. The molecule has 7 heteroatoms. The minimum atomic E-state index is -0.0488. The zero-order valence-corrected chi connectivity index (χ0v) is 15.4. The molecule has 4 aromatic rings. The molecule has 26 heavy (non-hydrogen) atoms. The third-order valence-electron chi connectivity index (χ3n) is 3.95. The van der Waals surface area contributed by atoms with Crippen molar-refractivity contribution in [1.82, 2.24) is 9.97 Å². The number of hydrogen-bond acceptors (Lipinski definition) is 6. The lowest BCUT2D eigenvalue weighted by molar-refractivity contribution is -0.116. The maximum Gasteiger partial charge on any atom is 0.224 e. The third kappa shape index (κ3) is 3.44. The largest absolute Gasteiger partial charge is 0.375 e. The predicted octanol–water partition coefficient (Wildman–Crippen LogP) is 4.57. The van der Waals surface area contributed by atoms with Crippen molar-refractivity contribution in [3.63, 3.8) is 0 Å². The van der Waals surface area contributed by atoms with Crippen LogP contribution in [0.2, 0.25) is 0 Å². The van der Waals surface area contributed by atoms with Gasteiger partial charge in [0, 0.05) is 22.9 Å². The number of thiazole rings is 1. The van der Waals surface area contributed by atoms with Gasteiger partial charge in [-0.2, -0.15) is 0 Å². The molecule has 4 rings (SSSR count). The smallest absolute Gasteiger partial charge is 0.224 e. The van der Waals surface area contributed by atoms with Crippen molar-refractivity contribution in [2.45, 2.75) is 12.8 Å². The van der Waals surface area contributed by atoms with Crippen LogP contribution in [-0.4, -0.2) is 15.9 Å². The summed E-state index contributed by atoms with van der Waals surface area (Å²) in [4.78, 5) is 23.4. The second-order valence-electron chi connectivity index (χ2n) is 5.73. The maximum atomic E-state index is 12.5. The normalized spacial score (nSPS) is 10.9. The number of pyridine rings is 1. The number of nitrogens with two attached hydrogens (primary N) is 1. The number of anilines is 2. The number of aromatic nitrogens is 2. The molecule has 3 N–H and O–H groups in total. The van der Waals surface area contributed by atoms with Crippen molar-refractivity contribution >= 4 is 50.3 Å². The molecule has 0 spiro atoms. The average molecular weight is 380 g/mol. The molecule has 5 nitrogen and oxygen atoms in total. The zero-order chi connectivity index (χ0) is 17.9. The highest BCUT2D eigenvalue weighted by molar-refractivity contribution is 7.17. The van der Waals surface area contributed by atoms with Gasteiger partial charge in [0.05, 0.1) is 21.8 Å². The van der Waals surface area contributed by atoms with E-state index in [4.69, 9.17) is 5.73 Å². The Morgan fingerprint density at radius 3 is 2.88 bits per heavy atom. The van der Waals surface area contributed by atoms with Crippen molar-refractivity contribution in [2.24, 2.45) is 0 Å². The molecule has 0 aliphatic carbocycles. The molecule has 0 saturated heterocycles. The number of nitrogens with zero attached hydrogens (tertiary/aromatic N) is 2. The van der Waals surface area contributed by atoms with E-state index < -0.39 is 0 Å². The highest BCUT2D eigenvalue weighted by Gasteiger charge is 2.14. The van der Waals surface area contributed by atoms with E-state index in [1.807, 2.05) is 47.8 Å². The molecule has 0 atom stereocenters. The highest BCUT2D eigenvalue weighted by atomic mass is 32.1. The lowest BCUT2D eigenvalue weighted by atomic mass is 10.1. The fourth-order valence-electron chi connectivity index (χ4n) is 2.79. The van der Waals surface area contributed by atoms with Crippen molar-refractivity contribution in [3.8, 4) is 10.6 Å². The summed E-state index contributed by atoms with van der Waals surface area (Å²) >= 11 is 3.07. The van der Waals surface area contributed by atoms with E-state index in [0.717, 1.165) is 32.0 Å². The second-order valence-corrected chi connectivity index (χ2v) is 7.79. The minimum Gasteiger partial charge on any atom is -0.375 e. The first-order valence-electron chi connectivity index (χ1n) is 8.13. The number of nitrogen functional groups attached to an aromatic ring is 1. The predicted molar refractivity (Wildman–Crippen MR) is 109 cm³/mol. The van der Waals surface area contributed by atoms with Gasteiger partial charge in [0.1, 0.15) is 0 Å². The molecule has 3 aromatic heterocycles. The average Bonchev–Trinajstić information content (AvgIpc) is 3.29. The Kier molecular flexibility index (Phi) is 4.64. The van der Waals surface area contributed by atoms with Crippen LogP contribution < -0.4 is 11.1 Å². The van der Waals surface area contributed by atoms with Crippen LogP contribution in [0.25, 0.3) is 21.5 Å². The summed E-state index contributed by atoms with van der Waals surface area (Å²) in [7, 11) is 0. The molecule has 0 unspecified atom stereocenters. The van der Waals surface area contributed by atoms with Crippen molar-refractivity contribution in [1.29, 1.82) is 0 Å². The van der Waals surface area contributed by atoms with E-state index in [9.17, 15) is 4.79 Å². The lowest BCUT2D eigenvalue weighted by Gasteiger charge is -2.08. The SMILES string of the molecule is Nc1nc(-c2cccs2)c(CCC(=O)Nc2cccc3cccnc23)s1. The zero-order valence-electron chi connectivity index (χ0n) is 13.8. The topological polar surface area (TPSA) is 80.9 Å². The van der Waals surface area contributed by atoms with Gasteiger partial charge in [0.2, 0.25) is 5.91 Å². The number of aryl methyl sites for hydroxylation is 1. The quantitative estimate of drug-likeness (QED) is 0.531. The fourth-order valence-corrected chi connectivity index (χ4v) is 4.44. The number of benzene rings is 1. The number of nitrogens with one attached hydrogen (secondary N) is 1. The first-order chi connectivity index (χ1) is 12.7. The molecular formula is C19H16N4OS2. The van der Waals surface area contributed by atoms with E-state index in [1.54, 1.807) is 17.5 Å². The Morgan fingerprint density at radius 2 is 2.04 bits per heavy atom. The Labute approximate surface area is 158 Å². The van der Waals surface area contributed by atoms with Gasteiger partial charge in [-0.15, -0.1) is 22.7 Å². The second kappa shape index (κ2) is 7.23. The van der Waals surface area contributed by atoms with Gasteiger partial charge < -0.3 is 11.1 Å². The number of amides is 1. The highest BCUT2D eigenvalue weighted by Crippen LogP contribution is 2.33. The van der Waals surface area contributed by atoms with Crippen LogP contribution in [0.1, 0.15) is 11.3 Å². The fraction of sp³-hybridized carbons (Fsp3) is 0.105. The number of thiophene rings is 1. The van der Waals surface area contributed by atoms with Crippen LogP contribution in [0.3, 0.4) is 0 Å². The number of carbonyl (C=O) groups is 1. The number of rotatable bonds is 5. The van der Waals surface area contributed by atoms with Crippen LogP contribution in [0, 0.1) is 0 Å². The first kappa shape index (κ1) is 16.7. The van der Waals surface area contributed by atoms with Crippen molar-refractivity contribution in [3.05, 3.63) is 58.9 Å². The standard InChI is InChI=1S/C19H16N4OS2/c20-19-23-18(14-7-3-11-25-14)15(26-19)8-9-16(24)22-13-6-1-4-12-5-2-10-21-17(12)13/h1-7,10-11H,8-9H2,(H2,20,23)(H,22,24). The summed E-state index contributed by atoms with van der Waals surface area (Å²) in [5, 5.41) is 6.51. The molecule has 0 radical (unpaired) electrons. The maximum absolute atomic E-state index is 12.5. The van der Waals surface area contributed by atoms with E-state index in [0.29, 0.717) is 18.0 Å². The van der Waals surface area contributed by atoms with Gasteiger partial charge >= 0.3 is 0 Å². The van der Waals surface area contributed by atoms with Crippen LogP contribution in [0.5, 0.6) is 0 Å². The molecule has 0 aliphatic rings. The molecule has 0 saturated carbocycles. The number of para-hydroxylation sites is 1. The van der Waals surface area contributed by atoms with Crippen LogP contribution in [0.15, 0.2) is 54.0 Å². The van der Waals surface area contributed by atoms with Crippen molar-refractivity contribution < 1.29 is 4.79 Å². The van der Waals surface area contributed by atoms with Gasteiger partial charge in [-0.1, -0.05) is 24.3 Å². The summed E-state index contributed by atoms with van der Waals surface area (Å²) in [6.45, 7) is 0. The summed E-state index contributed by atoms with van der Waals surface area (Å²) < 4.78 is 0. The molecule has 0 fully saturated rings. The molecule has 1 amide bonds. The molecule has 0 bridgehead atoms. The van der Waals surface area contributed by atoms with Gasteiger partial charge in [-0.3, -0.25) is 9.78 Å². The first-order valence-corrected chi connectivity index (χ1v) is 9.83. The summed E-state index contributed by atoms with van der Waals surface area (Å²) in [5.41, 5.74) is 8.30. The molecule has 130 valence electrons. The third-order valence-corrected chi connectivity index (χ3v) is 5.78. The molecule has 1 aromatic carbocycles. The summed E-state index contributed by atoms with van der Waals surface area (Å²) in [5.74, 6) is -0.0488. The van der Waals surface area contributed by atoms with Crippen LogP contribution >= 0.6 is 22.7 Å². The van der Waals surface area contributed by atoms with Gasteiger partial charge in [-0.05, 0) is 30.0 Å². The monoisotopic (exact) mass is 380 g/mol. The Bertz CT molecular complexity index is 1050. The number of carbonyl (C=O) groups excluding carboxylic acids is 1. The number of fused-ring (bicyclic) bond motifs is 1. The summed E-state index contributed by atoms with van der Waals surface area (Å²) in [6, 6.07) is 13.6. The Morgan fingerprint density at radius 1 is 1.15 bits per heavy atom. The van der Waals surface area contributed by atoms with E-state index in [2.05, 4.69) is 15.3 Å². The minimum absolute atomic E-state index is 0.0488. The van der Waals surface area contributed by atoms with Crippen LogP contribution in [0.4, 0.5) is 10.8 Å². The van der Waals surface area contributed by atoms with E-state index in [1.165, 1.54) is 11.3 Å². The van der Waals surface area contributed by atoms with Gasteiger partial charge in [-0.25, -0.2) is 4.98 Å². The van der Waals surface area contributed by atoms with Gasteiger partial charge in [0.25, 0.3) is 0 Å².